The van der Waals surface area contributed by atoms with Crippen LogP contribution < -0.4 is 4.90 Å². The Morgan fingerprint density at radius 1 is 1.10 bits per heavy atom. The molecule has 2 heterocycles. The second-order valence-electron chi connectivity index (χ2n) is 7.82. The van der Waals surface area contributed by atoms with Crippen LogP contribution in [0.15, 0.2) is 53.1 Å². The van der Waals surface area contributed by atoms with Gasteiger partial charge in [0, 0.05) is 50.3 Å². The summed E-state index contributed by atoms with van der Waals surface area (Å²) in [5.41, 5.74) is 2.54. The van der Waals surface area contributed by atoms with Gasteiger partial charge in [-0.3, -0.25) is 15.0 Å². The lowest BCUT2D eigenvalue weighted by Gasteiger charge is -2.35. The first kappa shape index (κ1) is 20.0. The fourth-order valence-electron chi connectivity index (χ4n) is 3.65. The van der Waals surface area contributed by atoms with Gasteiger partial charge < -0.3 is 9.42 Å². The van der Waals surface area contributed by atoms with Gasteiger partial charge in [-0.2, -0.15) is 4.98 Å². The molecule has 1 aliphatic heterocycles. The molecule has 2 aromatic carbocycles. The lowest BCUT2D eigenvalue weighted by molar-refractivity contribution is -0.384. The largest absolute Gasteiger partial charge is 0.363 e. The third-order valence-electron chi connectivity index (χ3n) is 5.34. The van der Waals surface area contributed by atoms with Crippen molar-refractivity contribution in [1.29, 1.82) is 0 Å². The molecular weight excluding hydrogens is 382 g/mol. The van der Waals surface area contributed by atoms with Crippen molar-refractivity contribution in [2.45, 2.75) is 26.3 Å². The Hall–Kier alpha value is -3.26. The maximum Gasteiger partial charge on any atom is 0.293 e. The normalized spacial score (nSPS) is 15.0. The van der Waals surface area contributed by atoms with Crippen LogP contribution in [0.4, 0.5) is 11.4 Å². The van der Waals surface area contributed by atoms with Gasteiger partial charge in [0.15, 0.2) is 5.82 Å². The van der Waals surface area contributed by atoms with E-state index in [1.807, 2.05) is 38.1 Å². The van der Waals surface area contributed by atoms with Crippen LogP contribution in [-0.2, 0) is 6.54 Å². The Morgan fingerprint density at radius 2 is 1.83 bits per heavy atom. The molecule has 0 saturated carbocycles. The SMILES string of the molecule is CC(C)c1noc(-c2ccc(N3CCN(Cc4ccccc4)CC3)c([N+](=O)[O-])c2)n1. The van der Waals surface area contributed by atoms with Gasteiger partial charge in [0.25, 0.3) is 11.6 Å². The summed E-state index contributed by atoms with van der Waals surface area (Å²) in [5.74, 6) is 1.02. The molecular formula is C22H25N5O3. The minimum Gasteiger partial charge on any atom is -0.363 e. The van der Waals surface area contributed by atoms with Crippen LogP contribution in [0.2, 0.25) is 0 Å². The number of anilines is 1. The van der Waals surface area contributed by atoms with Crippen molar-refractivity contribution in [3.05, 3.63) is 70.0 Å². The highest BCUT2D eigenvalue weighted by molar-refractivity contribution is 5.71. The van der Waals surface area contributed by atoms with Crippen molar-refractivity contribution in [2.75, 3.05) is 31.1 Å². The van der Waals surface area contributed by atoms with E-state index in [-0.39, 0.29) is 16.5 Å². The van der Waals surface area contributed by atoms with Gasteiger partial charge in [0.05, 0.1) is 4.92 Å². The molecule has 0 amide bonds. The van der Waals surface area contributed by atoms with Gasteiger partial charge in [-0.05, 0) is 17.7 Å². The van der Waals surface area contributed by atoms with E-state index >= 15 is 0 Å². The fraction of sp³-hybridized carbons (Fsp3) is 0.364. The van der Waals surface area contributed by atoms with Crippen molar-refractivity contribution in [3.8, 4) is 11.5 Å². The lowest BCUT2D eigenvalue weighted by atomic mass is 10.1. The van der Waals surface area contributed by atoms with E-state index in [0.717, 1.165) is 32.7 Å². The van der Waals surface area contributed by atoms with Crippen LogP contribution in [0.1, 0.15) is 31.2 Å². The topological polar surface area (TPSA) is 88.5 Å². The molecule has 0 bridgehead atoms. The molecule has 8 heteroatoms. The van der Waals surface area contributed by atoms with Crippen LogP contribution in [-0.4, -0.2) is 46.1 Å². The average Bonchev–Trinajstić information content (AvgIpc) is 3.25. The van der Waals surface area contributed by atoms with Crippen LogP contribution in [0.5, 0.6) is 0 Å². The number of nitro benzene ring substituents is 1. The minimum absolute atomic E-state index is 0.0632. The summed E-state index contributed by atoms with van der Waals surface area (Å²) in [4.78, 5) is 20.2. The van der Waals surface area contributed by atoms with Crippen molar-refractivity contribution < 1.29 is 9.45 Å². The van der Waals surface area contributed by atoms with E-state index in [2.05, 4.69) is 32.1 Å². The Balaban J connectivity index is 1.49. The zero-order valence-corrected chi connectivity index (χ0v) is 17.2. The number of hydrogen-bond acceptors (Lipinski definition) is 7. The fourth-order valence-corrected chi connectivity index (χ4v) is 3.65. The van der Waals surface area contributed by atoms with Gasteiger partial charge >= 0.3 is 0 Å². The van der Waals surface area contributed by atoms with Crippen LogP contribution >= 0.6 is 0 Å². The summed E-state index contributed by atoms with van der Waals surface area (Å²) in [6.07, 6.45) is 0. The van der Waals surface area contributed by atoms with Gasteiger partial charge in [0.2, 0.25) is 0 Å². The van der Waals surface area contributed by atoms with E-state index in [4.69, 9.17) is 4.52 Å². The van der Waals surface area contributed by atoms with E-state index in [1.54, 1.807) is 6.07 Å². The molecule has 8 nitrogen and oxygen atoms in total. The maximum atomic E-state index is 11.8. The predicted octanol–water partition coefficient (Wildman–Crippen LogP) is 4.09. The van der Waals surface area contributed by atoms with Crippen molar-refractivity contribution in [2.24, 2.45) is 0 Å². The number of nitrogens with zero attached hydrogens (tertiary/aromatic N) is 5. The number of rotatable bonds is 6. The molecule has 1 aliphatic rings. The number of piperazine rings is 1. The molecule has 0 radical (unpaired) electrons. The standard InChI is InChI=1S/C22H25N5O3/c1-16(2)21-23-22(30-24-21)18-8-9-19(20(14-18)27(28)29)26-12-10-25(11-13-26)15-17-6-4-3-5-7-17/h3-9,14,16H,10-13,15H2,1-2H3. The number of hydrogen-bond donors (Lipinski definition) is 0. The van der Waals surface area contributed by atoms with Crippen molar-refractivity contribution in [3.63, 3.8) is 0 Å². The highest BCUT2D eigenvalue weighted by Gasteiger charge is 2.25. The highest BCUT2D eigenvalue weighted by atomic mass is 16.6. The molecule has 1 saturated heterocycles. The van der Waals surface area contributed by atoms with Gasteiger partial charge in [-0.25, -0.2) is 0 Å². The Kier molecular flexibility index (Phi) is 5.76. The second-order valence-corrected chi connectivity index (χ2v) is 7.82. The minimum atomic E-state index is -0.338. The molecule has 0 atom stereocenters. The summed E-state index contributed by atoms with van der Waals surface area (Å²) in [7, 11) is 0. The summed E-state index contributed by atoms with van der Waals surface area (Å²) < 4.78 is 5.30. The van der Waals surface area contributed by atoms with Crippen molar-refractivity contribution >= 4 is 11.4 Å². The summed E-state index contributed by atoms with van der Waals surface area (Å²) in [5, 5.41) is 15.7. The van der Waals surface area contributed by atoms with Crippen LogP contribution in [0.25, 0.3) is 11.5 Å². The van der Waals surface area contributed by atoms with E-state index in [1.165, 1.54) is 11.6 Å². The molecule has 1 fully saturated rings. The average molecular weight is 407 g/mol. The first-order valence-electron chi connectivity index (χ1n) is 10.1. The summed E-state index contributed by atoms with van der Waals surface area (Å²) in [6.45, 7) is 8.03. The van der Waals surface area contributed by atoms with Crippen LogP contribution in [0.3, 0.4) is 0 Å². The number of benzene rings is 2. The van der Waals surface area contributed by atoms with Gasteiger partial charge in [-0.1, -0.05) is 49.3 Å². The van der Waals surface area contributed by atoms with Crippen molar-refractivity contribution in [1.82, 2.24) is 15.0 Å². The second kappa shape index (κ2) is 8.62. The zero-order chi connectivity index (χ0) is 21.1. The monoisotopic (exact) mass is 407 g/mol. The van der Waals surface area contributed by atoms with E-state index in [0.29, 0.717) is 23.0 Å². The maximum absolute atomic E-state index is 11.8. The molecule has 0 N–H and O–H groups in total. The Morgan fingerprint density at radius 3 is 2.47 bits per heavy atom. The van der Waals surface area contributed by atoms with Crippen LogP contribution in [0, 0.1) is 10.1 Å². The molecule has 0 aliphatic carbocycles. The molecule has 4 rings (SSSR count). The third-order valence-corrected chi connectivity index (χ3v) is 5.34. The number of nitro groups is 1. The Labute approximate surface area is 175 Å². The number of aromatic nitrogens is 2. The smallest absolute Gasteiger partial charge is 0.293 e. The molecule has 3 aromatic rings. The van der Waals surface area contributed by atoms with Gasteiger partial charge in [-0.15, -0.1) is 0 Å². The third kappa shape index (κ3) is 4.33. The molecule has 156 valence electrons. The van der Waals surface area contributed by atoms with E-state index in [9.17, 15) is 10.1 Å². The van der Waals surface area contributed by atoms with E-state index < -0.39 is 0 Å². The Bertz CT molecular complexity index is 1010. The summed E-state index contributed by atoms with van der Waals surface area (Å²) >= 11 is 0. The lowest BCUT2D eigenvalue weighted by Crippen LogP contribution is -2.46. The molecule has 30 heavy (non-hydrogen) atoms. The predicted molar refractivity (Wildman–Crippen MR) is 114 cm³/mol. The highest BCUT2D eigenvalue weighted by Crippen LogP contribution is 2.33. The zero-order valence-electron chi connectivity index (χ0n) is 17.2. The molecule has 1 aromatic heterocycles. The quantitative estimate of drug-likeness (QED) is 0.449. The molecule has 0 unspecified atom stereocenters. The summed E-state index contributed by atoms with van der Waals surface area (Å²) in [6, 6.07) is 15.5. The first-order chi connectivity index (χ1) is 14.5. The van der Waals surface area contributed by atoms with Gasteiger partial charge in [0.1, 0.15) is 5.69 Å². The first-order valence-corrected chi connectivity index (χ1v) is 10.1. The molecule has 0 spiro atoms.